The van der Waals surface area contributed by atoms with E-state index in [1.165, 1.54) is 6.08 Å². The van der Waals surface area contributed by atoms with Gasteiger partial charge in [-0.05, 0) is 0 Å². The Balaban J connectivity index is 4.72. The third kappa shape index (κ3) is 1.82. The van der Waals surface area contributed by atoms with Gasteiger partial charge in [0.2, 0.25) is 5.91 Å². The minimum Gasteiger partial charge on any atom is -0.467 e. The molecule has 0 saturated carbocycles. The molecule has 4 N–H and O–H groups in total. The average Bonchev–Trinajstić information content (AvgIpc) is 2.03. The zero-order valence-electron chi connectivity index (χ0n) is 6.87. The number of carbonyl (C=O) groups is 2. The van der Waals surface area contributed by atoms with Crippen molar-refractivity contribution in [2.75, 3.05) is 7.11 Å². The Kier molecular flexibility index (Phi) is 3.43. The monoisotopic (exact) mass is 172 g/mol. The number of methoxy groups -OCH3 is 1. The normalized spacial score (nSPS) is 14.5. The van der Waals surface area contributed by atoms with E-state index in [0.29, 0.717) is 0 Å². The van der Waals surface area contributed by atoms with Gasteiger partial charge >= 0.3 is 5.97 Å². The topological polar surface area (TPSA) is 95.4 Å². The highest BCUT2D eigenvalue weighted by Gasteiger charge is 2.40. The summed E-state index contributed by atoms with van der Waals surface area (Å²) >= 11 is 0. The van der Waals surface area contributed by atoms with Gasteiger partial charge in [0.25, 0.3) is 0 Å². The SMILES string of the molecule is C=CC[C@@](N)(C(N)=O)C(=O)OC. The summed E-state index contributed by atoms with van der Waals surface area (Å²) in [7, 11) is 1.13. The number of hydrogen-bond donors (Lipinski definition) is 2. The van der Waals surface area contributed by atoms with Gasteiger partial charge < -0.3 is 16.2 Å². The zero-order valence-corrected chi connectivity index (χ0v) is 6.87. The van der Waals surface area contributed by atoms with E-state index < -0.39 is 17.4 Å². The molecule has 0 aliphatic carbocycles. The average molecular weight is 172 g/mol. The van der Waals surface area contributed by atoms with Crippen molar-refractivity contribution < 1.29 is 14.3 Å². The fourth-order valence-corrected chi connectivity index (χ4v) is 0.694. The van der Waals surface area contributed by atoms with Crippen LogP contribution >= 0.6 is 0 Å². The van der Waals surface area contributed by atoms with Crippen LogP contribution in [-0.4, -0.2) is 24.5 Å². The number of rotatable bonds is 4. The summed E-state index contributed by atoms with van der Waals surface area (Å²) in [5.74, 6) is -1.77. The van der Waals surface area contributed by atoms with Crippen molar-refractivity contribution >= 4 is 11.9 Å². The summed E-state index contributed by atoms with van der Waals surface area (Å²) in [5.41, 5.74) is 8.52. The van der Waals surface area contributed by atoms with Crippen molar-refractivity contribution in [3.63, 3.8) is 0 Å². The third-order valence-corrected chi connectivity index (χ3v) is 1.46. The van der Waals surface area contributed by atoms with Crippen LogP contribution in [0.5, 0.6) is 0 Å². The predicted octanol–water partition coefficient (Wildman–Crippen LogP) is -1.08. The van der Waals surface area contributed by atoms with E-state index in [9.17, 15) is 9.59 Å². The number of hydrogen-bond acceptors (Lipinski definition) is 4. The first kappa shape index (κ1) is 10.6. The highest BCUT2D eigenvalue weighted by atomic mass is 16.5. The highest BCUT2D eigenvalue weighted by molar-refractivity contribution is 6.06. The molecule has 0 rings (SSSR count). The molecule has 12 heavy (non-hydrogen) atoms. The van der Waals surface area contributed by atoms with Crippen LogP contribution in [0.25, 0.3) is 0 Å². The molecule has 0 aromatic carbocycles. The number of esters is 1. The van der Waals surface area contributed by atoms with Crippen LogP contribution in [0.15, 0.2) is 12.7 Å². The molecule has 0 bridgehead atoms. The molecule has 5 nitrogen and oxygen atoms in total. The van der Waals surface area contributed by atoms with Gasteiger partial charge in [0, 0.05) is 6.42 Å². The molecule has 5 heteroatoms. The molecule has 0 aliphatic rings. The molecule has 0 fully saturated rings. The van der Waals surface area contributed by atoms with E-state index >= 15 is 0 Å². The Morgan fingerprint density at radius 3 is 2.42 bits per heavy atom. The predicted molar refractivity (Wildman–Crippen MR) is 42.9 cm³/mol. The highest BCUT2D eigenvalue weighted by Crippen LogP contribution is 2.08. The molecular formula is C7H12N2O3. The van der Waals surface area contributed by atoms with Gasteiger partial charge in [-0.1, -0.05) is 6.08 Å². The molecule has 0 spiro atoms. The van der Waals surface area contributed by atoms with E-state index in [-0.39, 0.29) is 6.42 Å². The molecule has 0 radical (unpaired) electrons. The Morgan fingerprint density at radius 2 is 2.17 bits per heavy atom. The van der Waals surface area contributed by atoms with Crippen molar-refractivity contribution in [2.24, 2.45) is 11.5 Å². The van der Waals surface area contributed by atoms with Crippen LogP contribution in [0, 0.1) is 0 Å². The molecular weight excluding hydrogens is 160 g/mol. The Bertz CT molecular complexity index is 215. The summed E-state index contributed by atoms with van der Waals surface area (Å²) in [4.78, 5) is 21.7. The third-order valence-electron chi connectivity index (χ3n) is 1.46. The van der Waals surface area contributed by atoms with Crippen molar-refractivity contribution in [3.8, 4) is 0 Å². The summed E-state index contributed by atoms with van der Waals surface area (Å²) in [5, 5.41) is 0. The second-order valence-electron chi connectivity index (χ2n) is 2.32. The second kappa shape index (κ2) is 3.87. The zero-order chi connectivity index (χ0) is 9.78. The first-order valence-corrected chi connectivity index (χ1v) is 3.27. The Hall–Kier alpha value is -1.36. The molecule has 1 amide bonds. The summed E-state index contributed by atoms with van der Waals surface area (Å²) in [6.45, 7) is 3.35. The van der Waals surface area contributed by atoms with Gasteiger partial charge in [-0.25, -0.2) is 4.79 Å². The fraction of sp³-hybridized carbons (Fsp3) is 0.429. The largest absolute Gasteiger partial charge is 0.467 e. The van der Waals surface area contributed by atoms with E-state index in [1.54, 1.807) is 0 Å². The lowest BCUT2D eigenvalue weighted by molar-refractivity contribution is -0.151. The fourth-order valence-electron chi connectivity index (χ4n) is 0.694. The van der Waals surface area contributed by atoms with Crippen LogP contribution in [0.3, 0.4) is 0 Å². The maximum atomic E-state index is 11.0. The summed E-state index contributed by atoms with van der Waals surface area (Å²) < 4.78 is 4.32. The van der Waals surface area contributed by atoms with E-state index in [0.717, 1.165) is 7.11 Å². The number of nitrogens with two attached hydrogens (primary N) is 2. The smallest absolute Gasteiger partial charge is 0.336 e. The molecule has 0 aliphatic heterocycles. The van der Waals surface area contributed by atoms with Gasteiger partial charge in [-0.15, -0.1) is 6.58 Å². The van der Waals surface area contributed by atoms with Gasteiger partial charge in [0.05, 0.1) is 7.11 Å². The number of primary amides is 1. The van der Waals surface area contributed by atoms with Crippen LogP contribution in [-0.2, 0) is 14.3 Å². The maximum Gasteiger partial charge on any atom is 0.336 e. The van der Waals surface area contributed by atoms with E-state index in [1.807, 2.05) is 0 Å². The van der Waals surface area contributed by atoms with Gasteiger partial charge in [-0.3, -0.25) is 4.79 Å². The summed E-state index contributed by atoms with van der Waals surface area (Å²) in [6.07, 6.45) is 1.30. The van der Waals surface area contributed by atoms with Crippen molar-refractivity contribution in [1.82, 2.24) is 0 Å². The van der Waals surface area contributed by atoms with Crippen LogP contribution in [0.2, 0.25) is 0 Å². The molecule has 0 aromatic rings. The Morgan fingerprint density at radius 1 is 1.67 bits per heavy atom. The lowest BCUT2D eigenvalue weighted by Crippen LogP contribution is -2.58. The minimum atomic E-state index is -1.78. The van der Waals surface area contributed by atoms with Crippen molar-refractivity contribution in [3.05, 3.63) is 12.7 Å². The molecule has 0 aromatic heterocycles. The first-order chi connectivity index (χ1) is 5.49. The van der Waals surface area contributed by atoms with Crippen molar-refractivity contribution in [2.45, 2.75) is 12.0 Å². The standard InChI is InChI=1S/C7H12N2O3/c1-3-4-7(9,5(8)10)6(11)12-2/h3H,1,4,9H2,2H3,(H2,8,10)/t7-/m1/s1. The van der Waals surface area contributed by atoms with E-state index in [2.05, 4.69) is 11.3 Å². The van der Waals surface area contributed by atoms with E-state index in [4.69, 9.17) is 11.5 Å². The van der Waals surface area contributed by atoms with Crippen LogP contribution in [0.1, 0.15) is 6.42 Å². The second-order valence-corrected chi connectivity index (χ2v) is 2.32. The van der Waals surface area contributed by atoms with Crippen LogP contribution < -0.4 is 11.5 Å². The van der Waals surface area contributed by atoms with Gasteiger partial charge in [0.1, 0.15) is 0 Å². The molecule has 68 valence electrons. The molecule has 1 atom stereocenters. The number of carbonyl (C=O) groups excluding carboxylic acids is 2. The lowest BCUT2D eigenvalue weighted by Gasteiger charge is -2.20. The van der Waals surface area contributed by atoms with Gasteiger partial charge in [0.15, 0.2) is 5.54 Å². The minimum absolute atomic E-state index is 0.0327. The number of amides is 1. The molecule has 0 heterocycles. The van der Waals surface area contributed by atoms with Gasteiger partial charge in [-0.2, -0.15) is 0 Å². The quantitative estimate of drug-likeness (QED) is 0.320. The van der Waals surface area contributed by atoms with Crippen LogP contribution in [0.4, 0.5) is 0 Å². The molecule has 0 saturated heterocycles. The summed E-state index contributed by atoms with van der Waals surface area (Å²) in [6, 6.07) is 0. The lowest BCUT2D eigenvalue weighted by atomic mass is 9.96. The number of ether oxygens (including phenoxy) is 1. The Labute approximate surface area is 70.4 Å². The van der Waals surface area contributed by atoms with Crippen molar-refractivity contribution in [1.29, 1.82) is 0 Å². The first-order valence-electron chi connectivity index (χ1n) is 3.27. The maximum absolute atomic E-state index is 11.0. The molecule has 0 unspecified atom stereocenters.